The van der Waals surface area contributed by atoms with Gasteiger partial charge in [0.15, 0.2) is 5.82 Å². The molecule has 0 aliphatic carbocycles. The summed E-state index contributed by atoms with van der Waals surface area (Å²) < 4.78 is 5.04. The van der Waals surface area contributed by atoms with E-state index >= 15 is 0 Å². The summed E-state index contributed by atoms with van der Waals surface area (Å²) in [5.74, 6) is 0.809. The van der Waals surface area contributed by atoms with Crippen LogP contribution in [0.2, 0.25) is 0 Å². The van der Waals surface area contributed by atoms with Crippen molar-refractivity contribution in [3.8, 4) is 11.4 Å². The molecule has 0 radical (unpaired) electrons. The zero-order valence-electron chi connectivity index (χ0n) is 13.2. The first-order chi connectivity index (χ1) is 10.1. The molecule has 0 aliphatic rings. The lowest BCUT2D eigenvalue weighted by atomic mass is 10.1. The van der Waals surface area contributed by atoms with Gasteiger partial charge in [-0.15, -0.1) is 0 Å². The predicted octanol–water partition coefficient (Wildman–Crippen LogP) is 2.80. The van der Waals surface area contributed by atoms with E-state index < -0.39 is 0 Å². The summed E-state index contributed by atoms with van der Waals surface area (Å²) in [6.07, 6.45) is 0. The van der Waals surface area contributed by atoms with E-state index in [0.717, 1.165) is 35.9 Å². The number of hydrogen-bond acceptors (Lipinski definition) is 4. The van der Waals surface area contributed by atoms with Gasteiger partial charge in [0.05, 0.1) is 6.61 Å². The van der Waals surface area contributed by atoms with Crippen LogP contribution in [0.4, 0.5) is 0 Å². The number of rotatable bonds is 6. The highest BCUT2D eigenvalue weighted by Crippen LogP contribution is 2.21. The van der Waals surface area contributed by atoms with Crippen LogP contribution in [0.15, 0.2) is 24.3 Å². The largest absolute Gasteiger partial charge is 0.383 e. The molecule has 21 heavy (non-hydrogen) atoms. The maximum Gasteiger partial charge on any atom is 0.159 e. The zero-order valence-corrected chi connectivity index (χ0v) is 13.2. The highest BCUT2D eigenvalue weighted by Gasteiger charge is 2.11. The van der Waals surface area contributed by atoms with E-state index in [1.165, 1.54) is 11.1 Å². The Morgan fingerprint density at radius 1 is 1.05 bits per heavy atom. The van der Waals surface area contributed by atoms with Crippen molar-refractivity contribution < 1.29 is 4.74 Å². The normalized spacial score (nSPS) is 10.9. The molecule has 0 fully saturated rings. The van der Waals surface area contributed by atoms with Gasteiger partial charge in [-0.1, -0.05) is 24.3 Å². The Labute approximate surface area is 126 Å². The van der Waals surface area contributed by atoms with Gasteiger partial charge in [-0.25, -0.2) is 9.97 Å². The van der Waals surface area contributed by atoms with Crippen molar-refractivity contribution in [3.05, 3.63) is 46.8 Å². The van der Waals surface area contributed by atoms with Gasteiger partial charge in [-0.05, 0) is 26.3 Å². The number of nitrogens with zero attached hydrogens (tertiary/aromatic N) is 2. The van der Waals surface area contributed by atoms with Gasteiger partial charge in [0, 0.05) is 42.7 Å². The second-order valence-corrected chi connectivity index (χ2v) is 5.18. The maximum absolute atomic E-state index is 5.04. The number of ether oxygens (including phenoxy) is 1. The van der Waals surface area contributed by atoms with Crippen molar-refractivity contribution in [1.29, 1.82) is 0 Å². The van der Waals surface area contributed by atoms with Crippen LogP contribution in [0.25, 0.3) is 11.4 Å². The van der Waals surface area contributed by atoms with Gasteiger partial charge >= 0.3 is 0 Å². The second-order valence-electron chi connectivity index (χ2n) is 5.18. The lowest BCUT2D eigenvalue weighted by molar-refractivity contribution is 0.199. The number of benzene rings is 1. The summed E-state index contributed by atoms with van der Waals surface area (Å²) in [5, 5.41) is 3.35. The van der Waals surface area contributed by atoms with Gasteiger partial charge in [-0.3, -0.25) is 0 Å². The molecule has 1 aromatic carbocycles. The summed E-state index contributed by atoms with van der Waals surface area (Å²) in [7, 11) is 1.71. The second kappa shape index (κ2) is 7.29. The average Bonchev–Trinajstić information content (AvgIpc) is 2.46. The lowest BCUT2D eigenvalue weighted by Crippen LogP contribution is -2.20. The Bertz CT molecular complexity index is 588. The van der Waals surface area contributed by atoms with E-state index in [9.17, 15) is 0 Å². The van der Waals surface area contributed by atoms with Crippen LogP contribution < -0.4 is 5.32 Å². The number of nitrogens with one attached hydrogen (secondary N) is 1. The minimum absolute atomic E-state index is 0.709. The molecule has 1 aromatic heterocycles. The molecule has 0 amide bonds. The molecule has 4 nitrogen and oxygen atoms in total. The molecule has 0 bridgehead atoms. The number of methoxy groups -OCH3 is 1. The van der Waals surface area contributed by atoms with Crippen LogP contribution in [-0.2, 0) is 11.3 Å². The Hall–Kier alpha value is -1.78. The van der Waals surface area contributed by atoms with Gasteiger partial charge in [-0.2, -0.15) is 0 Å². The molecule has 4 heteroatoms. The smallest absolute Gasteiger partial charge is 0.159 e. The number of aryl methyl sites for hydroxylation is 3. The minimum atomic E-state index is 0.709. The summed E-state index contributed by atoms with van der Waals surface area (Å²) >= 11 is 0. The number of hydrogen-bond donors (Lipinski definition) is 1. The van der Waals surface area contributed by atoms with E-state index in [4.69, 9.17) is 4.74 Å². The molecule has 112 valence electrons. The zero-order chi connectivity index (χ0) is 15.2. The summed E-state index contributed by atoms with van der Waals surface area (Å²) in [5.41, 5.74) is 5.53. The third-order valence-corrected chi connectivity index (χ3v) is 3.59. The minimum Gasteiger partial charge on any atom is -0.383 e. The molecule has 0 atom stereocenters. The highest BCUT2D eigenvalue weighted by atomic mass is 16.5. The Balaban J connectivity index is 2.23. The van der Waals surface area contributed by atoms with Gasteiger partial charge in [0.2, 0.25) is 0 Å². The predicted molar refractivity (Wildman–Crippen MR) is 85.3 cm³/mol. The standard InChI is InChI=1S/C17H23N3O/c1-12-7-5-6-8-15(12)17-19-13(2)16(14(3)20-17)11-18-9-10-21-4/h5-8,18H,9-11H2,1-4H3. The molecule has 0 unspecified atom stereocenters. The molecule has 0 spiro atoms. The quantitative estimate of drug-likeness (QED) is 0.829. The third kappa shape index (κ3) is 3.86. The fourth-order valence-electron chi connectivity index (χ4n) is 2.33. The fourth-order valence-corrected chi connectivity index (χ4v) is 2.33. The summed E-state index contributed by atoms with van der Waals surface area (Å²) in [6.45, 7) is 8.49. The monoisotopic (exact) mass is 285 g/mol. The molecule has 1 N–H and O–H groups in total. The van der Waals surface area contributed by atoms with Gasteiger partial charge < -0.3 is 10.1 Å². The lowest BCUT2D eigenvalue weighted by Gasteiger charge is -2.12. The van der Waals surface area contributed by atoms with E-state index in [-0.39, 0.29) is 0 Å². The first-order valence-electron chi connectivity index (χ1n) is 7.23. The highest BCUT2D eigenvalue weighted by molar-refractivity contribution is 5.60. The molecule has 0 saturated heterocycles. The van der Waals surface area contributed by atoms with Crippen molar-refractivity contribution in [1.82, 2.24) is 15.3 Å². The van der Waals surface area contributed by atoms with Crippen LogP contribution in [0.5, 0.6) is 0 Å². The Morgan fingerprint density at radius 3 is 2.33 bits per heavy atom. The first kappa shape index (κ1) is 15.6. The Morgan fingerprint density at radius 2 is 1.71 bits per heavy atom. The first-order valence-corrected chi connectivity index (χ1v) is 7.23. The molecular weight excluding hydrogens is 262 g/mol. The average molecular weight is 285 g/mol. The van der Waals surface area contributed by atoms with Crippen LogP contribution in [-0.4, -0.2) is 30.2 Å². The molecule has 0 aliphatic heterocycles. The van der Waals surface area contributed by atoms with E-state index in [2.05, 4.69) is 34.3 Å². The van der Waals surface area contributed by atoms with Gasteiger partial charge in [0.1, 0.15) is 0 Å². The topological polar surface area (TPSA) is 47.0 Å². The SMILES string of the molecule is COCCNCc1c(C)nc(-c2ccccc2C)nc1C. The van der Waals surface area contributed by atoms with E-state index in [0.29, 0.717) is 6.61 Å². The number of aromatic nitrogens is 2. The fraction of sp³-hybridized carbons (Fsp3) is 0.412. The maximum atomic E-state index is 5.04. The van der Waals surface area contributed by atoms with Crippen molar-refractivity contribution in [2.24, 2.45) is 0 Å². The molecule has 1 heterocycles. The van der Waals surface area contributed by atoms with Crippen molar-refractivity contribution in [2.45, 2.75) is 27.3 Å². The van der Waals surface area contributed by atoms with Crippen LogP contribution in [0.3, 0.4) is 0 Å². The van der Waals surface area contributed by atoms with Crippen molar-refractivity contribution >= 4 is 0 Å². The molecule has 2 rings (SSSR count). The van der Waals surface area contributed by atoms with E-state index in [1.807, 2.05) is 26.0 Å². The van der Waals surface area contributed by atoms with Crippen LogP contribution >= 0.6 is 0 Å². The van der Waals surface area contributed by atoms with E-state index in [1.54, 1.807) is 7.11 Å². The van der Waals surface area contributed by atoms with Crippen LogP contribution in [0.1, 0.15) is 22.5 Å². The van der Waals surface area contributed by atoms with Crippen LogP contribution in [0, 0.1) is 20.8 Å². The Kier molecular flexibility index (Phi) is 5.42. The third-order valence-electron chi connectivity index (χ3n) is 3.59. The van der Waals surface area contributed by atoms with Crippen molar-refractivity contribution in [2.75, 3.05) is 20.3 Å². The molecule has 0 saturated carbocycles. The summed E-state index contributed by atoms with van der Waals surface area (Å²) in [6, 6.07) is 8.22. The molecule has 2 aromatic rings. The molecular formula is C17H23N3O. The van der Waals surface area contributed by atoms with Gasteiger partial charge in [0.25, 0.3) is 0 Å². The summed E-state index contributed by atoms with van der Waals surface area (Å²) in [4.78, 5) is 9.36. The van der Waals surface area contributed by atoms with Crippen molar-refractivity contribution in [3.63, 3.8) is 0 Å².